The van der Waals surface area contributed by atoms with E-state index in [4.69, 9.17) is 0 Å². The summed E-state index contributed by atoms with van der Waals surface area (Å²) in [6, 6.07) is 38.4. The van der Waals surface area contributed by atoms with Gasteiger partial charge in [0.15, 0.2) is 7.14 Å². The third-order valence-corrected chi connectivity index (χ3v) is 9.28. The maximum Gasteiger partial charge on any atom is 0.175 e. The highest BCUT2D eigenvalue weighted by Gasteiger charge is 2.40. The maximum atomic E-state index is 14.9. The average molecular weight is 444 g/mol. The molecular formula is C29H21N2OP. The van der Waals surface area contributed by atoms with Gasteiger partial charge in [0.1, 0.15) is 0 Å². The molecule has 6 rings (SSSR count). The van der Waals surface area contributed by atoms with E-state index in [9.17, 15) is 4.57 Å². The monoisotopic (exact) mass is 444 g/mol. The van der Waals surface area contributed by atoms with Crippen LogP contribution in [0.25, 0.3) is 11.1 Å². The molecule has 0 spiro atoms. The fourth-order valence-electron chi connectivity index (χ4n) is 4.65. The molecule has 0 aliphatic carbocycles. The van der Waals surface area contributed by atoms with Crippen LogP contribution in [0.2, 0.25) is 0 Å². The summed E-state index contributed by atoms with van der Waals surface area (Å²) in [6.45, 7) is 0. The number of hydrogen-bond acceptors (Lipinski definition) is 3. The number of fused-ring (bicyclic) bond motifs is 2. The fraction of sp³-hybridized carbons (Fsp3) is 0. The molecule has 0 saturated heterocycles. The number of para-hydroxylation sites is 2. The zero-order chi connectivity index (χ0) is 22.3. The van der Waals surface area contributed by atoms with Gasteiger partial charge < -0.3 is 9.46 Å². The van der Waals surface area contributed by atoms with Crippen LogP contribution in [0.15, 0.2) is 128 Å². The number of rotatable bonds is 3. The summed E-state index contributed by atoms with van der Waals surface area (Å²) in [5, 5.41) is 2.58. The third-order valence-electron chi connectivity index (χ3n) is 6.14. The third kappa shape index (κ3) is 3.13. The Balaban J connectivity index is 1.61. The maximum absolute atomic E-state index is 14.9. The van der Waals surface area contributed by atoms with Gasteiger partial charge in [-0.1, -0.05) is 72.8 Å². The van der Waals surface area contributed by atoms with Gasteiger partial charge in [0.05, 0.1) is 11.4 Å². The van der Waals surface area contributed by atoms with Crippen molar-refractivity contribution in [2.24, 2.45) is 0 Å². The van der Waals surface area contributed by atoms with E-state index >= 15 is 0 Å². The van der Waals surface area contributed by atoms with Gasteiger partial charge in [-0.05, 0) is 48.0 Å². The van der Waals surface area contributed by atoms with Crippen molar-refractivity contribution in [3.8, 4) is 11.1 Å². The van der Waals surface area contributed by atoms with Crippen LogP contribution in [0.4, 0.5) is 17.1 Å². The van der Waals surface area contributed by atoms with E-state index in [-0.39, 0.29) is 0 Å². The van der Waals surface area contributed by atoms with Crippen LogP contribution in [0, 0.1) is 0 Å². The van der Waals surface area contributed by atoms with E-state index in [1.54, 1.807) is 6.20 Å². The van der Waals surface area contributed by atoms with Crippen molar-refractivity contribution in [2.45, 2.75) is 0 Å². The normalized spacial score (nSPS) is 13.8. The Labute approximate surface area is 193 Å². The number of anilines is 3. The van der Waals surface area contributed by atoms with Crippen molar-refractivity contribution < 1.29 is 4.57 Å². The second kappa shape index (κ2) is 7.88. The summed E-state index contributed by atoms with van der Waals surface area (Å²) in [5.41, 5.74) is 5.08. The molecule has 5 aromatic rings. The molecule has 2 heterocycles. The Bertz CT molecular complexity index is 1450. The Morgan fingerprint density at radius 3 is 1.91 bits per heavy atom. The zero-order valence-electron chi connectivity index (χ0n) is 17.9. The molecule has 0 saturated carbocycles. The Kier molecular flexibility index (Phi) is 4.71. The van der Waals surface area contributed by atoms with Crippen LogP contribution < -0.4 is 20.8 Å². The molecular weight excluding hydrogens is 423 g/mol. The second-order valence-electron chi connectivity index (χ2n) is 8.05. The van der Waals surface area contributed by atoms with Gasteiger partial charge in [-0.15, -0.1) is 0 Å². The lowest BCUT2D eigenvalue weighted by atomic mass is 10.1. The molecule has 158 valence electrons. The van der Waals surface area contributed by atoms with Crippen LogP contribution in [-0.2, 0) is 4.57 Å². The molecule has 1 aliphatic heterocycles. The number of aromatic nitrogens is 1. The summed E-state index contributed by atoms with van der Waals surface area (Å²) >= 11 is 0. The first-order chi connectivity index (χ1) is 16.3. The molecule has 0 unspecified atom stereocenters. The van der Waals surface area contributed by atoms with Crippen LogP contribution in [0.5, 0.6) is 0 Å². The quantitative estimate of drug-likeness (QED) is 0.306. The van der Waals surface area contributed by atoms with Crippen molar-refractivity contribution in [1.82, 2.24) is 4.98 Å². The van der Waals surface area contributed by atoms with E-state index in [1.807, 2.05) is 79.0 Å². The number of benzene rings is 4. The van der Waals surface area contributed by atoms with E-state index < -0.39 is 7.14 Å². The lowest BCUT2D eigenvalue weighted by molar-refractivity contribution is 0.592. The van der Waals surface area contributed by atoms with E-state index in [1.165, 1.54) is 0 Å². The highest BCUT2D eigenvalue weighted by molar-refractivity contribution is 7.86. The second-order valence-corrected chi connectivity index (χ2v) is 10.7. The van der Waals surface area contributed by atoms with Crippen molar-refractivity contribution in [3.05, 3.63) is 128 Å². The lowest BCUT2D eigenvalue weighted by Crippen LogP contribution is -2.36. The van der Waals surface area contributed by atoms with Crippen LogP contribution in [0.1, 0.15) is 0 Å². The molecule has 0 N–H and O–H groups in total. The lowest BCUT2D eigenvalue weighted by Gasteiger charge is -2.38. The fourth-order valence-corrected chi connectivity index (χ4v) is 7.65. The SMILES string of the molecule is O=P1(c2ccccc2)c2ccccc2N(c2cccc(-c3cccnc3)c2)c2ccccc21. The zero-order valence-corrected chi connectivity index (χ0v) is 18.8. The van der Waals surface area contributed by atoms with Gasteiger partial charge in [0.25, 0.3) is 0 Å². The standard InChI is InChI=1S/C29H21N2OP/c32-33(25-13-2-1-3-14-25)28-17-6-4-15-26(28)31(27-16-5-7-18-29(27)33)24-12-8-10-22(20-24)23-11-9-19-30-21-23/h1-21H. The van der Waals surface area contributed by atoms with Gasteiger partial charge in [0.2, 0.25) is 0 Å². The number of hydrogen-bond donors (Lipinski definition) is 0. The Morgan fingerprint density at radius 1 is 0.606 bits per heavy atom. The molecule has 0 fully saturated rings. The summed E-state index contributed by atoms with van der Waals surface area (Å²) in [7, 11) is -3.03. The van der Waals surface area contributed by atoms with Crippen molar-refractivity contribution in [3.63, 3.8) is 0 Å². The molecule has 0 radical (unpaired) electrons. The highest BCUT2D eigenvalue weighted by Crippen LogP contribution is 2.53. The van der Waals surface area contributed by atoms with E-state index in [2.05, 4.69) is 52.3 Å². The molecule has 1 aromatic heterocycles. The molecule has 4 heteroatoms. The molecule has 0 atom stereocenters. The Hall–Kier alpha value is -3.94. The molecule has 4 aromatic carbocycles. The Morgan fingerprint density at radius 2 is 1.24 bits per heavy atom. The first-order valence-electron chi connectivity index (χ1n) is 10.9. The van der Waals surface area contributed by atoms with Crippen molar-refractivity contribution in [2.75, 3.05) is 4.90 Å². The molecule has 33 heavy (non-hydrogen) atoms. The predicted octanol–water partition coefficient (Wildman–Crippen LogP) is 6.17. The average Bonchev–Trinajstić information content (AvgIpc) is 2.90. The first kappa shape index (κ1) is 19.7. The van der Waals surface area contributed by atoms with Crippen molar-refractivity contribution in [1.29, 1.82) is 0 Å². The van der Waals surface area contributed by atoms with Crippen LogP contribution >= 0.6 is 7.14 Å². The highest BCUT2D eigenvalue weighted by atomic mass is 31.2. The van der Waals surface area contributed by atoms with Gasteiger partial charge in [-0.3, -0.25) is 4.98 Å². The summed E-state index contributed by atoms with van der Waals surface area (Å²) in [5.74, 6) is 0. The predicted molar refractivity (Wildman–Crippen MR) is 137 cm³/mol. The topological polar surface area (TPSA) is 33.2 Å². The minimum atomic E-state index is -3.03. The number of nitrogens with zero attached hydrogens (tertiary/aromatic N) is 2. The molecule has 0 bridgehead atoms. The van der Waals surface area contributed by atoms with E-state index in [0.717, 1.165) is 44.1 Å². The largest absolute Gasteiger partial charge is 0.309 e. The van der Waals surface area contributed by atoms with Crippen LogP contribution in [0.3, 0.4) is 0 Å². The summed E-state index contributed by atoms with van der Waals surface area (Å²) in [4.78, 5) is 6.50. The molecule has 3 nitrogen and oxygen atoms in total. The summed E-state index contributed by atoms with van der Waals surface area (Å²) < 4.78 is 14.9. The smallest absolute Gasteiger partial charge is 0.175 e. The van der Waals surface area contributed by atoms with Gasteiger partial charge in [0, 0.05) is 39.6 Å². The van der Waals surface area contributed by atoms with Gasteiger partial charge in [-0.2, -0.15) is 0 Å². The minimum Gasteiger partial charge on any atom is -0.309 e. The summed E-state index contributed by atoms with van der Waals surface area (Å²) in [6.07, 6.45) is 3.66. The van der Waals surface area contributed by atoms with Gasteiger partial charge in [-0.25, -0.2) is 0 Å². The molecule has 0 amide bonds. The number of pyridine rings is 1. The van der Waals surface area contributed by atoms with Crippen LogP contribution in [-0.4, -0.2) is 4.98 Å². The minimum absolute atomic E-state index is 0.855. The van der Waals surface area contributed by atoms with E-state index in [0.29, 0.717) is 0 Å². The molecule has 1 aliphatic rings. The van der Waals surface area contributed by atoms with Crippen molar-refractivity contribution >= 4 is 40.1 Å². The van der Waals surface area contributed by atoms with Gasteiger partial charge >= 0.3 is 0 Å². The first-order valence-corrected chi connectivity index (χ1v) is 12.6.